The van der Waals surface area contributed by atoms with Crippen LogP contribution in [0.1, 0.15) is 26.7 Å². The summed E-state index contributed by atoms with van der Waals surface area (Å²) in [6.45, 7) is 3.89. The summed E-state index contributed by atoms with van der Waals surface area (Å²) in [5.74, 6) is 0. The van der Waals surface area contributed by atoms with Gasteiger partial charge >= 0.3 is 6.03 Å². The van der Waals surface area contributed by atoms with Crippen LogP contribution >= 0.6 is 0 Å². The van der Waals surface area contributed by atoms with Gasteiger partial charge in [0.2, 0.25) is 0 Å². The molecule has 116 valence electrons. The van der Waals surface area contributed by atoms with Crippen LogP contribution < -0.4 is 5.32 Å². The minimum Gasteiger partial charge on any atom is -0.306 e. The fourth-order valence-corrected chi connectivity index (χ4v) is 2.36. The Labute approximate surface area is 131 Å². The molecule has 22 heavy (non-hydrogen) atoms. The minimum atomic E-state index is -0.499. The highest BCUT2D eigenvalue weighted by Crippen LogP contribution is 2.21. The van der Waals surface area contributed by atoms with Crippen molar-refractivity contribution in [3.8, 4) is 11.1 Å². The Morgan fingerprint density at radius 1 is 1.00 bits per heavy atom. The molecular formula is C18H22N2O2. The molecule has 0 atom stereocenters. The maximum absolute atomic E-state index is 12.0. The SMILES string of the molecule is CCC(CC)N(O)C(=O)Nc1ccc(-c2ccccc2)cc1. The molecule has 0 bridgehead atoms. The van der Waals surface area contributed by atoms with Crippen LogP contribution in [-0.4, -0.2) is 22.3 Å². The van der Waals surface area contributed by atoms with Gasteiger partial charge in [-0.25, -0.2) is 9.86 Å². The maximum atomic E-state index is 12.0. The van der Waals surface area contributed by atoms with E-state index in [-0.39, 0.29) is 6.04 Å². The fraction of sp³-hybridized carbons (Fsp3) is 0.278. The third-order valence-corrected chi connectivity index (χ3v) is 3.74. The molecule has 4 nitrogen and oxygen atoms in total. The lowest BCUT2D eigenvalue weighted by Gasteiger charge is -2.23. The highest BCUT2D eigenvalue weighted by molar-refractivity contribution is 5.89. The third kappa shape index (κ3) is 3.86. The number of rotatable bonds is 5. The Morgan fingerprint density at radius 2 is 1.55 bits per heavy atom. The maximum Gasteiger partial charge on any atom is 0.345 e. The van der Waals surface area contributed by atoms with Crippen molar-refractivity contribution in [1.82, 2.24) is 5.06 Å². The summed E-state index contributed by atoms with van der Waals surface area (Å²) in [6.07, 6.45) is 1.43. The van der Waals surface area contributed by atoms with Gasteiger partial charge < -0.3 is 5.32 Å². The number of nitrogens with zero attached hydrogens (tertiary/aromatic N) is 1. The van der Waals surface area contributed by atoms with E-state index in [4.69, 9.17) is 0 Å². The summed E-state index contributed by atoms with van der Waals surface area (Å²) in [6, 6.07) is 16.9. The van der Waals surface area contributed by atoms with Gasteiger partial charge in [-0.3, -0.25) is 5.21 Å². The number of carbonyl (C=O) groups excluding carboxylic acids is 1. The van der Waals surface area contributed by atoms with E-state index in [2.05, 4.69) is 5.32 Å². The molecule has 2 amide bonds. The summed E-state index contributed by atoms with van der Waals surface area (Å²) < 4.78 is 0. The predicted molar refractivity (Wildman–Crippen MR) is 88.9 cm³/mol. The summed E-state index contributed by atoms with van der Waals surface area (Å²) in [4.78, 5) is 12.0. The second-order valence-corrected chi connectivity index (χ2v) is 5.19. The summed E-state index contributed by atoms with van der Waals surface area (Å²) in [5.41, 5.74) is 2.87. The fourth-order valence-electron chi connectivity index (χ4n) is 2.36. The average molecular weight is 298 g/mol. The van der Waals surface area contributed by atoms with E-state index < -0.39 is 6.03 Å². The molecule has 0 saturated carbocycles. The topological polar surface area (TPSA) is 52.6 Å². The first-order chi connectivity index (χ1) is 10.7. The van der Waals surface area contributed by atoms with Crippen LogP contribution in [0, 0.1) is 0 Å². The molecule has 2 rings (SSSR count). The lowest BCUT2D eigenvalue weighted by molar-refractivity contribution is -0.0747. The monoisotopic (exact) mass is 298 g/mol. The number of anilines is 1. The summed E-state index contributed by atoms with van der Waals surface area (Å²) >= 11 is 0. The largest absolute Gasteiger partial charge is 0.345 e. The summed E-state index contributed by atoms with van der Waals surface area (Å²) in [5, 5.41) is 13.4. The second-order valence-electron chi connectivity index (χ2n) is 5.19. The summed E-state index contributed by atoms with van der Waals surface area (Å²) in [7, 11) is 0. The molecule has 2 aromatic carbocycles. The number of hydroxylamine groups is 2. The highest BCUT2D eigenvalue weighted by atomic mass is 16.5. The van der Waals surface area contributed by atoms with Gasteiger partial charge in [0.25, 0.3) is 0 Å². The van der Waals surface area contributed by atoms with Gasteiger partial charge in [0, 0.05) is 5.69 Å². The quantitative estimate of drug-likeness (QED) is 0.617. The van der Waals surface area contributed by atoms with E-state index in [0.717, 1.165) is 16.2 Å². The number of hydrogen-bond acceptors (Lipinski definition) is 2. The molecule has 0 unspecified atom stereocenters. The van der Waals surface area contributed by atoms with Crippen molar-refractivity contribution in [2.24, 2.45) is 0 Å². The normalized spacial score (nSPS) is 10.5. The van der Waals surface area contributed by atoms with Gasteiger partial charge in [-0.2, -0.15) is 0 Å². The predicted octanol–water partition coefficient (Wildman–Crippen LogP) is 4.77. The Kier molecular flexibility index (Phi) is 5.55. The third-order valence-electron chi connectivity index (χ3n) is 3.74. The molecule has 0 aliphatic carbocycles. The number of carbonyl (C=O) groups is 1. The van der Waals surface area contributed by atoms with Crippen LogP contribution in [-0.2, 0) is 0 Å². The van der Waals surface area contributed by atoms with E-state index in [9.17, 15) is 10.0 Å². The Morgan fingerprint density at radius 3 is 2.09 bits per heavy atom. The van der Waals surface area contributed by atoms with Gasteiger partial charge in [0.05, 0.1) is 6.04 Å². The molecule has 2 aromatic rings. The first-order valence-electron chi connectivity index (χ1n) is 7.60. The molecule has 0 heterocycles. The van der Waals surface area contributed by atoms with Crippen LogP contribution in [0.25, 0.3) is 11.1 Å². The first kappa shape index (κ1) is 16.0. The van der Waals surface area contributed by atoms with Crippen molar-refractivity contribution in [1.29, 1.82) is 0 Å². The minimum absolute atomic E-state index is 0.163. The van der Waals surface area contributed by atoms with Gasteiger partial charge in [0.15, 0.2) is 0 Å². The van der Waals surface area contributed by atoms with Crippen LogP contribution in [0.4, 0.5) is 10.5 Å². The van der Waals surface area contributed by atoms with Crippen LogP contribution in [0.5, 0.6) is 0 Å². The Bertz CT molecular complexity index is 592. The van der Waals surface area contributed by atoms with Crippen molar-refractivity contribution in [2.75, 3.05) is 5.32 Å². The lowest BCUT2D eigenvalue weighted by atomic mass is 10.1. The zero-order valence-corrected chi connectivity index (χ0v) is 13.0. The van der Waals surface area contributed by atoms with Crippen molar-refractivity contribution < 1.29 is 10.0 Å². The van der Waals surface area contributed by atoms with Crippen molar-refractivity contribution >= 4 is 11.7 Å². The molecule has 0 spiro atoms. The molecule has 0 radical (unpaired) electrons. The van der Waals surface area contributed by atoms with Crippen molar-refractivity contribution in [3.05, 3.63) is 54.6 Å². The van der Waals surface area contributed by atoms with Crippen LogP contribution in [0.2, 0.25) is 0 Å². The molecule has 4 heteroatoms. The van der Waals surface area contributed by atoms with Crippen molar-refractivity contribution in [3.63, 3.8) is 0 Å². The lowest BCUT2D eigenvalue weighted by Crippen LogP contribution is -2.39. The van der Waals surface area contributed by atoms with Gasteiger partial charge in [0.1, 0.15) is 0 Å². The van der Waals surface area contributed by atoms with Gasteiger partial charge in [-0.1, -0.05) is 56.3 Å². The molecule has 0 aliphatic heterocycles. The molecule has 0 fully saturated rings. The van der Waals surface area contributed by atoms with Crippen LogP contribution in [0.15, 0.2) is 54.6 Å². The number of hydrogen-bond donors (Lipinski definition) is 2. The first-order valence-corrected chi connectivity index (χ1v) is 7.60. The van der Waals surface area contributed by atoms with E-state index >= 15 is 0 Å². The van der Waals surface area contributed by atoms with E-state index in [1.807, 2.05) is 68.4 Å². The zero-order chi connectivity index (χ0) is 15.9. The number of urea groups is 1. The molecule has 0 aliphatic rings. The second kappa shape index (κ2) is 7.61. The average Bonchev–Trinajstić information content (AvgIpc) is 2.57. The number of nitrogens with one attached hydrogen (secondary N) is 1. The standard InChI is InChI=1S/C18H22N2O2/c1-3-17(4-2)20(22)18(21)19-16-12-10-15(11-13-16)14-8-6-5-7-9-14/h5-13,17,22H,3-4H2,1-2H3,(H,19,21). The smallest absolute Gasteiger partial charge is 0.306 e. The number of benzene rings is 2. The van der Waals surface area contributed by atoms with E-state index in [1.54, 1.807) is 0 Å². The highest BCUT2D eigenvalue weighted by Gasteiger charge is 2.18. The Balaban J connectivity index is 2.04. The molecule has 0 aromatic heterocycles. The molecular weight excluding hydrogens is 276 g/mol. The molecule has 2 N–H and O–H groups in total. The van der Waals surface area contributed by atoms with E-state index in [1.165, 1.54) is 0 Å². The zero-order valence-electron chi connectivity index (χ0n) is 13.0. The van der Waals surface area contributed by atoms with Gasteiger partial charge in [-0.05, 0) is 36.1 Å². The van der Waals surface area contributed by atoms with Gasteiger partial charge in [-0.15, -0.1) is 0 Å². The van der Waals surface area contributed by atoms with Crippen LogP contribution in [0.3, 0.4) is 0 Å². The Hall–Kier alpha value is -2.33. The number of amides is 2. The molecule has 0 saturated heterocycles. The van der Waals surface area contributed by atoms with E-state index in [0.29, 0.717) is 18.5 Å². The van der Waals surface area contributed by atoms with Crippen molar-refractivity contribution in [2.45, 2.75) is 32.7 Å².